The molecule has 1 aliphatic carbocycles. The molecule has 1 amide bonds. The number of anilines is 1. The molecule has 0 spiro atoms. The van der Waals surface area contributed by atoms with E-state index < -0.39 is 11.8 Å². The first-order valence-electron chi connectivity index (χ1n) is 7.17. The first-order valence-corrected chi connectivity index (χ1v) is 8.05. The number of amides is 1. The summed E-state index contributed by atoms with van der Waals surface area (Å²) in [5, 5.41) is 6.03. The molecule has 1 atom stereocenters. The molecule has 0 aromatic heterocycles. The topological polar surface area (TPSA) is 41.1 Å². The average Bonchev–Trinajstić information content (AvgIpc) is 2.93. The molecule has 0 bridgehead atoms. The highest BCUT2D eigenvalue weighted by Gasteiger charge is 2.21. The third-order valence-electron chi connectivity index (χ3n) is 3.57. The summed E-state index contributed by atoms with van der Waals surface area (Å²) in [6.45, 7) is 1.74. The number of hydrogen-bond donors (Lipinski definition) is 2. The van der Waals surface area contributed by atoms with E-state index in [9.17, 15) is 13.6 Å². The quantitative estimate of drug-likeness (QED) is 0.783. The van der Waals surface area contributed by atoms with E-state index in [1.807, 2.05) is 0 Å². The van der Waals surface area contributed by atoms with Crippen molar-refractivity contribution >= 4 is 23.4 Å². The molecule has 1 aromatic carbocycles. The largest absolute Gasteiger partial charge is 0.373 e. The van der Waals surface area contributed by atoms with Gasteiger partial charge < -0.3 is 10.6 Å². The Bertz CT molecular complexity index is 478. The van der Waals surface area contributed by atoms with Gasteiger partial charge in [-0.2, -0.15) is 8.78 Å². The lowest BCUT2D eigenvalue weighted by atomic mass is 10.2. The van der Waals surface area contributed by atoms with Crippen molar-refractivity contribution in [1.82, 2.24) is 5.32 Å². The monoisotopic (exact) mass is 314 g/mol. The molecule has 6 heteroatoms. The minimum absolute atomic E-state index is 0.0845. The van der Waals surface area contributed by atoms with Gasteiger partial charge in [-0.15, -0.1) is 0 Å². The van der Waals surface area contributed by atoms with Crippen LogP contribution >= 0.6 is 11.8 Å². The molecule has 1 unspecified atom stereocenters. The number of carbonyl (C=O) groups excluding carboxylic acids is 1. The Morgan fingerprint density at radius 3 is 2.62 bits per heavy atom. The molecular weight excluding hydrogens is 294 g/mol. The van der Waals surface area contributed by atoms with E-state index in [-0.39, 0.29) is 11.9 Å². The third kappa shape index (κ3) is 4.88. The second-order valence-corrected chi connectivity index (χ2v) is 6.26. The summed E-state index contributed by atoms with van der Waals surface area (Å²) in [4.78, 5) is 12.6. The summed E-state index contributed by atoms with van der Waals surface area (Å²) in [6.07, 6.45) is 4.35. The van der Waals surface area contributed by atoms with Crippen LogP contribution < -0.4 is 10.6 Å². The second kappa shape index (κ2) is 7.64. The van der Waals surface area contributed by atoms with E-state index in [2.05, 4.69) is 10.6 Å². The lowest BCUT2D eigenvalue weighted by Crippen LogP contribution is -2.42. The highest BCUT2D eigenvalue weighted by molar-refractivity contribution is 7.99. The maximum Gasteiger partial charge on any atom is 0.288 e. The Kier molecular flexibility index (Phi) is 5.85. The highest BCUT2D eigenvalue weighted by Crippen LogP contribution is 2.32. The van der Waals surface area contributed by atoms with Crippen molar-refractivity contribution in [3.8, 4) is 0 Å². The van der Waals surface area contributed by atoms with Crippen molar-refractivity contribution in [2.45, 2.75) is 55.3 Å². The number of halogens is 2. The SMILES string of the molecule is CC(Nc1ccccc1SC(F)F)C(=O)NC1CCCC1. The lowest BCUT2D eigenvalue weighted by Gasteiger charge is -2.20. The zero-order chi connectivity index (χ0) is 15.2. The Hall–Kier alpha value is -1.30. The van der Waals surface area contributed by atoms with Gasteiger partial charge >= 0.3 is 0 Å². The van der Waals surface area contributed by atoms with E-state index in [0.717, 1.165) is 25.7 Å². The molecule has 3 nitrogen and oxygen atoms in total. The summed E-state index contributed by atoms with van der Waals surface area (Å²) in [7, 11) is 0. The number of alkyl halides is 2. The summed E-state index contributed by atoms with van der Waals surface area (Å²) in [5.74, 6) is -2.56. The standard InChI is InChI=1S/C15H20F2N2OS/c1-10(14(20)19-11-6-2-3-7-11)18-12-8-4-5-9-13(12)21-15(16)17/h4-5,8-11,15,18H,2-3,6-7H2,1H3,(H,19,20). The highest BCUT2D eigenvalue weighted by atomic mass is 32.2. The molecule has 0 radical (unpaired) electrons. The van der Waals surface area contributed by atoms with Crippen LogP contribution in [-0.4, -0.2) is 23.7 Å². The van der Waals surface area contributed by atoms with Gasteiger partial charge in [0.25, 0.3) is 5.76 Å². The zero-order valence-corrected chi connectivity index (χ0v) is 12.8. The van der Waals surface area contributed by atoms with E-state index in [0.29, 0.717) is 22.3 Å². The third-order valence-corrected chi connectivity index (χ3v) is 4.36. The Balaban J connectivity index is 1.95. The average molecular weight is 314 g/mol. The molecule has 1 saturated carbocycles. The maximum absolute atomic E-state index is 12.5. The number of rotatable bonds is 6. The second-order valence-electron chi connectivity index (χ2n) is 5.23. The summed E-state index contributed by atoms with van der Waals surface area (Å²) in [5.41, 5.74) is 0.567. The van der Waals surface area contributed by atoms with Crippen LogP contribution in [0.2, 0.25) is 0 Å². The number of hydrogen-bond acceptors (Lipinski definition) is 3. The predicted octanol–water partition coefficient (Wildman–Crippen LogP) is 3.86. The molecule has 2 rings (SSSR count). The van der Waals surface area contributed by atoms with Gasteiger partial charge in [0.05, 0.1) is 0 Å². The fourth-order valence-electron chi connectivity index (χ4n) is 2.48. The molecule has 21 heavy (non-hydrogen) atoms. The van der Waals surface area contributed by atoms with Gasteiger partial charge in [0.1, 0.15) is 6.04 Å². The van der Waals surface area contributed by atoms with Crippen molar-refractivity contribution in [2.75, 3.05) is 5.32 Å². The molecule has 2 N–H and O–H groups in total. The van der Waals surface area contributed by atoms with Crippen molar-refractivity contribution in [3.63, 3.8) is 0 Å². The van der Waals surface area contributed by atoms with Gasteiger partial charge in [-0.1, -0.05) is 36.7 Å². The summed E-state index contributed by atoms with van der Waals surface area (Å²) >= 11 is 0.484. The van der Waals surface area contributed by atoms with Crippen LogP contribution in [0.25, 0.3) is 0 Å². The first kappa shape index (κ1) is 16.1. The van der Waals surface area contributed by atoms with Crippen LogP contribution in [0.1, 0.15) is 32.6 Å². The van der Waals surface area contributed by atoms with Gasteiger partial charge in [0, 0.05) is 16.6 Å². The Labute approximate surface area is 127 Å². The number of para-hydroxylation sites is 1. The van der Waals surface area contributed by atoms with E-state index in [1.54, 1.807) is 31.2 Å². The van der Waals surface area contributed by atoms with Gasteiger partial charge in [0.15, 0.2) is 0 Å². The van der Waals surface area contributed by atoms with Gasteiger partial charge in [0.2, 0.25) is 5.91 Å². The van der Waals surface area contributed by atoms with Gasteiger partial charge in [-0.05, 0) is 31.9 Å². The van der Waals surface area contributed by atoms with Crippen molar-refractivity contribution < 1.29 is 13.6 Å². The van der Waals surface area contributed by atoms with E-state index >= 15 is 0 Å². The molecule has 1 aromatic rings. The number of carbonyl (C=O) groups is 1. The zero-order valence-electron chi connectivity index (χ0n) is 11.9. The van der Waals surface area contributed by atoms with Crippen molar-refractivity contribution in [1.29, 1.82) is 0 Å². The van der Waals surface area contributed by atoms with Crippen LogP contribution in [0.3, 0.4) is 0 Å². The lowest BCUT2D eigenvalue weighted by molar-refractivity contribution is -0.122. The molecule has 0 aliphatic heterocycles. The van der Waals surface area contributed by atoms with Crippen molar-refractivity contribution in [3.05, 3.63) is 24.3 Å². The number of thioether (sulfide) groups is 1. The Morgan fingerprint density at radius 1 is 1.29 bits per heavy atom. The molecule has 116 valence electrons. The number of nitrogens with one attached hydrogen (secondary N) is 2. The van der Waals surface area contributed by atoms with Crippen LogP contribution in [0, 0.1) is 0 Å². The molecule has 1 fully saturated rings. The predicted molar refractivity (Wildman–Crippen MR) is 81.8 cm³/mol. The number of benzene rings is 1. The fraction of sp³-hybridized carbons (Fsp3) is 0.533. The van der Waals surface area contributed by atoms with Crippen molar-refractivity contribution in [2.24, 2.45) is 0 Å². The molecule has 1 aliphatic rings. The Morgan fingerprint density at radius 2 is 1.95 bits per heavy atom. The van der Waals surface area contributed by atoms with Crippen LogP contribution in [0.5, 0.6) is 0 Å². The van der Waals surface area contributed by atoms with Gasteiger partial charge in [-0.25, -0.2) is 0 Å². The van der Waals surface area contributed by atoms with Crippen LogP contribution in [-0.2, 0) is 4.79 Å². The normalized spacial score (nSPS) is 17.0. The minimum atomic E-state index is -2.48. The minimum Gasteiger partial charge on any atom is -0.373 e. The maximum atomic E-state index is 12.5. The smallest absolute Gasteiger partial charge is 0.288 e. The van der Waals surface area contributed by atoms with E-state index in [4.69, 9.17) is 0 Å². The first-order chi connectivity index (χ1) is 10.1. The molecule has 0 saturated heterocycles. The fourth-order valence-corrected chi connectivity index (χ4v) is 3.08. The van der Waals surface area contributed by atoms with Gasteiger partial charge in [-0.3, -0.25) is 4.79 Å². The summed E-state index contributed by atoms with van der Waals surface area (Å²) < 4.78 is 25.0. The van der Waals surface area contributed by atoms with Crippen LogP contribution in [0.15, 0.2) is 29.2 Å². The molecular formula is C15H20F2N2OS. The van der Waals surface area contributed by atoms with Crippen LogP contribution in [0.4, 0.5) is 14.5 Å². The molecule has 0 heterocycles. The van der Waals surface area contributed by atoms with E-state index in [1.165, 1.54) is 0 Å². The summed E-state index contributed by atoms with van der Waals surface area (Å²) in [6, 6.07) is 6.61.